The summed E-state index contributed by atoms with van der Waals surface area (Å²) in [4.78, 5) is 40.0. The number of carboxylic acid groups (broad SMARTS) is 1. The summed E-state index contributed by atoms with van der Waals surface area (Å²) in [7, 11) is 2.93. The van der Waals surface area contributed by atoms with Crippen molar-refractivity contribution >= 4 is 34.4 Å². The number of nitrogens with one attached hydrogen (secondary N) is 2. The van der Waals surface area contributed by atoms with Crippen LogP contribution in [0.1, 0.15) is 23.2 Å². The first-order valence-corrected chi connectivity index (χ1v) is 10.00. The smallest absolute Gasteiger partial charge is 0.319 e. The highest BCUT2D eigenvalue weighted by atomic mass is 19.1. The van der Waals surface area contributed by atoms with E-state index in [0.29, 0.717) is 16.7 Å². The number of anilines is 1. The van der Waals surface area contributed by atoms with Crippen molar-refractivity contribution in [1.82, 2.24) is 10.3 Å². The van der Waals surface area contributed by atoms with Crippen LogP contribution in [0.5, 0.6) is 17.2 Å². The molecule has 0 aliphatic heterocycles. The molecule has 1 aliphatic rings. The van der Waals surface area contributed by atoms with Crippen molar-refractivity contribution in [3.8, 4) is 17.2 Å². The van der Waals surface area contributed by atoms with E-state index in [1.165, 1.54) is 38.6 Å². The Hall–Kier alpha value is -4.21. The van der Waals surface area contributed by atoms with E-state index in [2.05, 4.69) is 15.6 Å². The molecule has 4 rings (SSSR count). The zero-order chi connectivity index (χ0) is 23.8. The molecule has 0 spiro atoms. The van der Waals surface area contributed by atoms with Crippen LogP contribution in [0, 0.1) is 11.2 Å². The molecular formula is C23H20FN3O6. The first kappa shape index (κ1) is 22.0. The number of hydrogen-bond acceptors (Lipinski definition) is 6. The Kier molecular flexibility index (Phi) is 5.59. The van der Waals surface area contributed by atoms with Gasteiger partial charge in [-0.05, 0) is 37.1 Å². The van der Waals surface area contributed by atoms with Crippen LogP contribution in [0.25, 0.3) is 10.9 Å². The topological polar surface area (TPSA) is 127 Å². The molecule has 1 saturated carbocycles. The van der Waals surface area contributed by atoms with Gasteiger partial charge in [0, 0.05) is 36.5 Å². The normalized spacial score (nSPS) is 13.8. The fourth-order valence-corrected chi connectivity index (χ4v) is 3.41. The number of ether oxygens (including phenoxy) is 2. The van der Waals surface area contributed by atoms with Gasteiger partial charge in [0.25, 0.3) is 5.91 Å². The molecule has 2 aromatic carbocycles. The summed E-state index contributed by atoms with van der Waals surface area (Å²) in [6.07, 6.45) is 1.97. The van der Waals surface area contributed by atoms with Gasteiger partial charge in [-0.15, -0.1) is 0 Å². The van der Waals surface area contributed by atoms with Gasteiger partial charge in [0.2, 0.25) is 5.91 Å². The fraction of sp³-hybridized carbons (Fsp3) is 0.217. The largest absolute Gasteiger partial charge is 0.496 e. The fourth-order valence-electron chi connectivity index (χ4n) is 3.41. The molecule has 0 saturated heterocycles. The zero-order valence-electron chi connectivity index (χ0n) is 17.8. The van der Waals surface area contributed by atoms with E-state index in [4.69, 9.17) is 9.47 Å². The number of rotatable bonds is 7. The molecule has 170 valence electrons. The summed E-state index contributed by atoms with van der Waals surface area (Å²) in [6, 6.07) is 8.44. The number of carbonyl (C=O) groups is 3. The van der Waals surface area contributed by atoms with Gasteiger partial charge in [0.15, 0.2) is 11.6 Å². The van der Waals surface area contributed by atoms with Crippen LogP contribution in [0.15, 0.2) is 42.6 Å². The Balaban J connectivity index is 1.62. The van der Waals surface area contributed by atoms with Gasteiger partial charge < -0.3 is 25.2 Å². The van der Waals surface area contributed by atoms with E-state index in [0.717, 1.165) is 6.07 Å². The standard InChI is InChI=1S/C23H20FN3O6/c1-25-20(28)14-10-13-16(11-19(14)32-2)26-8-5-17(13)33-18-4-3-12(9-15(18)24)27-21(29)23(6-7-23)22(30)31/h3-5,8-11H,6-7H2,1-2H3,(H,25,28)(H,27,29)(H,30,31). The molecule has 0 atom stereocenters. The molecule has 1 fully saturated rings. The predicted molar refractivity (Wildman–Crippen MR) is 116 cm³/mol. The van der Waals surface area contributed by atoms with Gasteiger partial charge in [-0.1, -0.05) is 0 Å². The van der Waals surface area contributed by atoms with E-state index < -0.39 is 23.1 Å². The summed E-state index contributed by atoms with van der Waals surface area (Å²) >= 11 is 0. The number of carboxylic acids is 1. The number of aliphatic carboxylic acids is 1. The number of methoxy groups -OCH3 is 1. The second-order valence-electron chi connectivity index (χ2n) is 7.55. The summed E-state index contributed by atoms with van der Waals surface area (Å²) in [5, 5.41) is 14.6. The Labute approximate surface area is 187 Å². The number of halogens is 1. The van der Waals surface area contributed by atoms with Crippen molar-refractivity contribution < 1.29 is 33.4 Å². The third-order valence-corrected chi connectivity index (χ3v) is 5.50. The highest BCUT2D eigenvalue weighted by molar-refractivity contribution is 6.10. The van der Waals surface area contributed by atoms with E-state index in [1.54, 1.807) is 12.1 Å². The van der Waals surface area contributed by atoms with E-state index >= 15 is 0 Å². The number of carbonyl (C=O) groups excluding carboxylic acids is 2. The van der Waals surface area contributed by atoms with Crippen molar-refractivity contribution in [2.45, 2.75) is 12.8 Å². The van der Waals surface area contributed by atoms with Crippen molar-refractivity contribution in [1.29, 1.82) is 0 Å². The van der Waals surface area contributed by atoms with Crippen LogP contribution < -0.4 is 20.1 Å². The number of fused-ring (bicyclic) bond motifs is 1. The molecule has 1 aliphatic carbocycles. The molecule has 0 bridgehead atoms. The van der Waals surface area contributed by atoms with E-state index in [-0.39, 0.29) is 41.5 Å². The van der Waals surface area contributed by atoms with Crippen LogP contribution in [-0.2, 0) is 9.59 Å². The molecule has 3 N–H and O–H groups in total. The Bertz CT molecular complexity index is 1290. The molecule has 10 heteroatoms. The van der Waals surface area contributed by atoms with Crippen molar-refractivity contribution in [3.63, 3.8) is 0 Å². The average Bonchev–Trinajstić information content (AvgIpc) is 3.62. The predicted octanol–water partition coefficient (Wildman–Crippen LogP) is 3.34. The second kappa shape index (κ2) is 8.38. The summed E-state index contributed by atoms with van der Waals surface area (Å²) in [5.74, 6) is -2.56. The second-order valence-corrected chi connectivity index (χ2v) is 7.55. The molecule has 0 unspecified atom stereocenters. The minimum atomic E-state index is -1.44. The number of hydrogen-bond donors (Lipinski definition) is 3. The zero-order valence-corrected chi connectivity index (χ0v) is 17.8. The number of aromatic nitrogens is 1. The molecule has 3 aromatic rings. The van der Waals surface area contributed by atoms with Crippen LogP contribution in [-0.4, -0.2) is 42.0 Å². The van der Waals surface area contributed by atoms with Crippen molar-refractivity contribution in [2.75, 3.05) is 19.5 Å². The van der Waals surface area contributed by atoms with Crippen LogP contribution >= 0.6 is 0 Å². The maximum atomic E-state index is 14.7. The molecule has 9 nitrogen and oxygen atoms in total. The highest BCUT2D eigenvalue weighted by Crippen LogP contribution is 2.47. The third-order valence-electron chi connectivity index (χ3n) is 5.50. The molecular weight excluding hydrogens is 433 g/mol. The Morgan fingerprint density at radius 1 is 1.09 bits per heavy atom. The highest BCUT2D eigenvalue weighted by Gasteiger charge is 2.57. The first-order valence-electron chi connectivity index (χ1n) is 10.00. The minimum absolute atomic E-state index is 0.114. The lowest BCUT2D eigenvalue weighted by Gasteiger charge is -2.14. The summed E-state index contributed by atoms with van der Waals surface area (Å²) in [6.45, 7) is 0. The third kappa shape index (κ3) is 4.02. The number of nitrogens with zero attached hydrogens (tertiary/aromatic N) is 1. The summed E-state index contributed by atoms with van der Waals surface area (Å²) in [5.41, 5.74) is -0.588. The number of pyridine rings is 1. The maximum absolute atomic E-state index is 14.7. The maximum Gasteiger partial charge on any atom is 0.319 e. The molecule has 2 amide bonds. The number of benzene rings is 2. The van der Waals surface area contributed by atoms with Gasteiger partial charge in [0.05, 0.1) is 18.2 Å². The van der Waals surface area contributed by atoms with E-state index in [9.17, 15) is 23.9 Å². The van der Waals surface area contributed by atoms with E-state index in [1.807, 2.05) is 0 Å². The van der Waals surface area contributed by atoms with Crippen LogP contribution in [0.4, 0.5) is 10.1 Å². The quantitative estimate of drug-likeness (QED) is 0.468. The Morgan fingerprint density at radius 3 is 2.45 bits per heavy atom. The molecule has 1 aromatic heterocycles. The first-order chi connectivity index (χ1) is 15.8. The molecule has 0 radical (unpaired) electrons. The lowest BCUT2D eigenvalue weighted by atomic mass is 10.1. The lowest BCUT2D eigenvalue weighted by Crippen LogP contribution is -2.31. The van der Waals surface area contributed by atoms with Crippen LogP contribution in [0.3, 0.4) is 0 Å². The molecule has 1 heterocycles. The SMILES string of the molecule is CNC(=O)c1cc2c(Oc3ccc(NC(=O)C4(C(=O)O)CC4)cc3F)ccnc2cc1OC. The number of amides is 2. The molecule has 33 heavy (non-hydrogen) atoms. The van der Waals surface area contributed by atoms with Crippen molar-refractivity contribution in [3.05, 3.63) is 54.0 Å². The van der Waals surface area contributed by atoms with Gasteiger partial charge >= 0.3 is 5.97 Å². The monoisotopic (exact) mass is 453 g/mol. The minimum Gasteiger partial charge on any atom is -0.496 e. The Morgan fingerprint density at radius 2 is 1.85 bits per heavy atom. The average molecular weight is 453 g/mol. The lowest BCUT2D eigenvalue weighted by molar-refractivity contribution is -0.147. The van der Waals surface area contributed by atoms with Gasteiger partial charge in [0.1, 0.15) is 16.9 Å². The van der Waals surface area contributed by atoms with Gasteiger partial charge in [-0.2, -0.15) is 0 Å². The summed E-state index contributed by atoms with van der Waals surface area (Å²) < 4.78 is 25.8. The van der Waals surface area contributed by atoms with Gasteiger partial charge in [-0.25, -0.2) is 4.39 Å². The van der Waals surface area contributed by atoms with Crippen molar-refractivity contribution in [2.24, 2.45) is 5.41 Å². The van der Waals surface area contributed by atoms with Crippen LogP contribution in [0.2, 0.25) is 0 Å². The van der Waals surface area contributed by atoms with Gasteiger partial charge in [-0.3, -0.25) is 19.4 Å².